The average Bonchev–Trinajstić information content (AvgIpc) is 3.08. The van der Waals surface area contributed by atoms with Crippen molar-refractivity contribution in [2.75, 3.05) is 6.61 Å². The van der Waals surface area contributed by atoms with Crippen molar-refractivity contribution < 1.29 is 24.8 Å². The summed E-state index contributed by atoms with van der Waals surface area (Å²) < 4.78 is 6.92. The third-order valence-corrected chi connectivity index (χ3v) is 3.76. The SMILES string of the molecule is O=[N+]([O-])c1cc2ncn([C@H]3C[C@H](O)[C@@H](CO)O3)c2cc1[N+](=O)[O-]. The Balaban J connectivity index is 2.09. The molecule has 1 aromatic carbocycles. The second kappa shape index (κ2) is 5.53. The normalized spacial score (nSPS) is 24.2. The third kappa shape index (κ3) is 2.50. The number of nitro benzene ring substituents is 2. The highest BCUT2D eigenvalue weighted by Crippen LogP contribution is 2.35. The summed E-state index contributed by atoms with van der Waals surface area (Å²) in [5.74, 6) is 0. The van der Waals surface area contributed by atoms with Crippen molar-refractivity contribution in [3.05, 3.63) is 38.7 Å². The number of aliphatic hydroxyl groups is 2. The van der Waals surface area contributed by atoms with E-state index in [9.17, 15) is 25.3 Å². The number of nitro groups is 2. The minimum Gasteiger partial charge on any atom is -0.394 e. The van der Waals surface area contributed by atoms with Crippen LogP contribution < -0.4 is 0 Å². The largest absolute Gasteiger partial charge is 0.394 e. The highest BCUT2D eigenvalue weighted by atomic mass is 16.6. The van der Waals surface area contributed by atoms with Gasteiger partial charge in [-0.15, -0.1) is 0 Å². The topological polar surface area (TPSA) is 154 Å². The van der Waals surface area contributed by atoms with E-state index in [0.717, 1.165) is 12.1 Å². The summed E-state index contributed by atoms with van der Waals surface area (Å²) in [6, 6.07) is 2.08. The van der Waals surface area contributed by atoms with Crippen molar-refractivity contribution in [3.63, 3.8) is 0 Å². The Morgan fingerprint density at radius 3 is 2.52 bits per heavy atom. The fraction of sp³-hybridized carbons (Fsp3) is 0.417. The Morgan fingerprint density at radius 1 is 1.30 bits per heavy atom. The number of rotatable bonds is 4. The highest BCUT2D eigenvalue weighted by molar-refractivity contribution is 5.83. The molecule has 1 aliphatic rings. The molecule has 2 aromatic rings. The molecule has 0 unspecified atom stereocenters. The zero-order valence-electron chi connectivity index (χ0n) is 11.6. The number of hydrogen-bond donors (Lipinski definition) is 2. The van der Waals surface area contributed by atoms with Crippen LogP contribution in [0.2, 0.25) is 0 Å². The second-order valence-electron chi connectivity index (χ2n) is 5.11. The van der Waals surface area contributed by atoms with E-state index in [0.29, 0.717) is 0 Å². The molecule has 0 radical (unpaired) electrons. The molecule has 0 saturated carbocycles. The number of hydrogen-bond acceptors (Lipinski definition) is 8. The zero-order chi connectivity index (χ0) is 16.7. The van der Waals surface area contributed by atoms with Crippen LogP contribution in [0, 0.1) is 20.2 Å². The van der Waals surface area contributed by atoms with Crippen LogP contribution in [0.5, 0.6) is 0 Å². The Labute approximate surface area is 128 Å². The van der Waals surface area contributed by atoms with Crippen LogP contribution in [-0.2, 0) is 4.74 Å². The number of aliphatic hydroxyl groups excluding tert-OH is 2. The molecule has 1 aromatic heterocycles. The predicted octanol–water partition coefficient (Wildman–Crippen LogP) is 0.493. The molecular formula is C12H12N4O7. The van der Waals surface area contributed by atoms with Gasteiger partial charge >= 0.3 is 11.4 Å². The Hall–Kier alpha value is -2.63. The Morgan fingerprint density at radius 2 is 1.96 bits per heavy atom. The fourth-order valence-corrected chi connectivity index (χ4v) is 2.62. The second-order valence-corrected chi connectivity index (χ2v) is 5.11. The van der Waals surface area contributed by atoms with Gasteiger partial charge < -0.3 is 19.5 Å². The van der Waals surface area contributed by atoms with Crippen LogP contribution in [0.25, 0.3) is 11.0 Å². The molecule has 1 saturated heterocycles. The molecule has 1 fully saturated rings. The molecule has 11 nitrogen and oxygen atoms in total. The van der Waals surface area contributed by atoms with E-state index >= 15 is 0 Å². The first-order chi connectivity index (χ1) is 10.9. The van der Waals surface area contributed by atoms with Crippen LogP contribution in [0.15, 0.2) is 18.5 Å². The summed E-state index contributed by atoms with van der Waals surface area (Å²) in [6.45, 7) is -0.365. The summed E-state index contributed by atoms with van der Waals surface area (Å²) in [4.78, 5) is 24.3. The molecule has 2 heterocycles. The van der Waals surface area contributed by atoms with E-state index in [4.69, 9.17) is 9.84 Å². The Bertz CT molecular complexity index is 789. The minimum atomic E-state index is -0.879. The summed E-state index contributed by atoms with van der Waals surface area (Å²) in [5, 5.41) is 40.9. The fourth-order valence-electron chi connectivity index (χ4n) is 2.62. The summed E-state index contributed by atoms with van der Waals surface area (Å²) in [7, 11) is 0. The number of aromatic nitrogens is 2. The maximum atomic E-state index is 11.0. The lowest BCUT2D eigenvalue weighted by Gasteiger charge is -2.14. The van der Waals surface area contributed by atoms with Crippen molar-refractivity contribution in [2.24, 2.45) is 0 Å². The number of imidazole rings is 1. The molecule has 0 spiro atoms. The smallest absolute Gasteiger partial charge is 0.348 e. The van der Waals surface area contributed by atoms with Gasteiger partial charge in [0.2, 0.25) is 0 Å². The van der Waals surface area contributed by atoms with E-state index in [1.165, 1.54) is 10.9 Å². The number of fused-ring (bicyclic) bond motifs is 1. The molecule has 11 heteroatoms. The van der Waals surface area contributed by atoms with Gasteiger partial charge in [0.05, 0.1) is 46.0 Å². The number of nitrogens with zero attached hydrogens (tertiary/aromatic N) is 4. The Kier molecular flexibility index (Phi) is 3.67. The first-order valence-electron chi connectivity index (χ1n) is 6.66. The maximum Gasteiger partial charge on any atom is 0.348 e. The summed E-state index contributed by atoms with van der Waals surface area (Å²) >= 11 is 0. The highest BCUT2D eigenvalue weighted by Gasteiger charge is 2.36. The van der Waals surface area contributed by atoms with Gasteiger partial charge in [-0.1, -0.05) is 0 Å². The number of ether oxygens (including phenoxy) is 1. The van der Waals surface area contributed by atoms with Crippen LogP contribution >= 0.6 is 0 Å². The molecule has 0 aliphatic carbocycles. The molecule has 3 atom stereocenters. The van der Waals surface area contributed by atoms with E-state index in [-0.39, 0.29) is 24.1 Å². The van der Waals surface area contributed by atoms with Gasteiger partial charge in [-0.05, 0) is 0 Å². The first kappa shape index (κ1) is 15.3. The maximum absolute atomic E-state index is 11.0. The first-order valence-corrected chi connectivity index (χ1v) is 6.66. The van der Waals surface area contributed by atoms with Gasteiger partial charge in [-0.3, -0.25) is 20.2 Å². The van der Waals surface area contributed by atoms with Crippen LogP contribution in [0.1, 0.15) is 12.6 Å². The molecule has 0 amide bonds. The van der Waals surface area contributed by atoms with E-state index in [2.05, 4.69) is 4.98 Å². The minimum absolute atomic E-state index is 0.168. The molecule has 0 bridgehead atoms. The average molecular weight is 324 g/mol. The van der Waals surface area contributed by atoms with Crippen molar-refractivity contribution in [2.45, 2.75) is 24.9 Å². The van der Waals surface area contributed by atoms with Crippen LogP contribution in [0.4, 0.5) is 11.4 Å². The van der Waals surface area contributed by atoms with Gasteiger partial charge in [0.25, 0.3) is 0 Å². The van der Waals surface area contributed by atoms with Crippen LogP contribution in [-0.4, -0.2) is 48.4 Å². The summed E-state index contributed by atoms with van der Waals surface area (Å²) in [6.07, 6.45) is -0.814. The van der Waals surface area contributed by atoms with Crippen LogP contribution in [0.3, 0.4) is 0 Å². The van der Waals surface area contributed by atoms with Crippen molar-refractivity contribution in [1.29, 1.82) is 0 Å². The van der Waals surface area contributed by atoms with Gasteiger partial charge in [0.1, 0.15) is 12.3 Å². The molecule has 23 heavy (non-hydrogen) atoms. The molecular weight excluding hydrogens is 312 g/mol. The van der Waals surface area contributed by atoms with Gasteiger partial charge in [-0.2, -0.15) is 0 Å². The van der Waals surface area contributed by atoms with Gasteiger partial charge in [-0.25, -0.2) is 4.98 Å². The van der Waals surface area contributed by atoms with Crippen molar-refractivity contribution >= 4 is 22.4 Å². The lowest BCUT2D eigenvalue weighted by Crippen LogP contribution is -2.24. The van der Waals surface area contributed by atoms with E-state index < -0.39 is 39.7 Å². The van der Waals surface area contributed by atoms with Gasteiger partial charge in [0, 0.05) is 12.5 Å². The molecule has 122 valence electrons. The lowest BCUT2D eigenvalue weighted by atomic mass is 10.2. The zero-order valence-corrected chi connectivity index (χ0v) is 11.6. The number of benzene rings is 1. The molecule has 3 rings (SSSR count). The van der Waals surface area contributed by atoms with E-state index in [1.807, 2.05) is 0 Å². The predicted molar refractivity (Wildman–Crippen MR) is 74.7 cm³/mol. The lowest BCUT2D eigenvalue weighted by molar-refractivity contribution is -0.422. The van der Waals surface area contributed by atoms with E-state index in [1.54, 1.807) is 0 Å². The quantitative estimate of drug-likeness (QED) is 0.608. The van der Waals surface area contributed by atoms with Gasteiger partial charge in [0.15, 0.2) is 0 Å². The third-order valence-electron chi connectivity index (χ3n) is 3.76. The van der Waals surface area contributed by atoms with Crippen molar-refractivity contribution in [3.8, 4) is 0 Å². The molecule has 2 N–H and O–H groups in total. The monoisotopic (exact) mass is 324 g/mol. The standard InChI is InChI=1S/C12H12N4O7/c17-4-11-10(18)3-12(23-11)14-5-13-6-1-8(15(19)20)9(16(21)22)2-7(6)14/h1-2,5,10-12,17-18H,3-4H2/t10-,11+,12+/m0/s1. The summed E-state index contributed by atoms with van der Waals surface area (Å²) in [5.41, 5.74) is -0.819. The van der Waals surface area contributed by atoms with Crippen molar-refractivity contribution in [1.82, 2.24) is 9.55 Å². The molecule has 1 aliphatic heterocycles.